The standard InChI is InChI=1S/4C3H6N6.2NO3.2H2O/c4*4-1-7-2(5)9-3(6)8-1;2*2-1(3)4;;/h4*(H6,4,5,6,7,8,9);;;2*1H2/q;;;;2*-1;;/p+2. The molecule has 0 radical (unpaired) electrons. The van der Waals surface area contributed by atoms with Crippen LogP contribution in [0.15, 0.2) is 0 Å². The Kier molecular flexibility index (Phi) is 22.1. The molecule has 4 aromatic rings. The Hall–Kier alpha value is -8.04. The van der Waals surface area contributed by atoms with Gasteiger partial charge in [0.1, 0.15) is 0 Å². The van der Waals surface area contributed by atoms with E-state index in [1.807, 2.05) is 0 Å². The van der Waals surface area contributed by atoms with Crippen molar-refractivity contribution in [3.8, 4) is 0 Å². The van der Waals surface area contributed by atoms with Gasteiger partial charge in [-0.2, -0.15) is 29.9 Å². The van der Waals surface area contributed by atoms with Gasteiger partial charge in [0.2, 0.25) is 35.7 Å². The van der Waals surface area contributed by atoms with E-state index in [1.54, 1.807) is 0 Å². The number of aromatic amines is 2. The molecule has 34 nitrogen and oxygen atoms in total. The summed E-state index contributed by atoms with van der Waals surface area (Å²) in [5.41, 5.74) is 61.9. The van der Waals surface area contributed by atoms with Gasteiger partial charge in [0.05, 0.1) is 10.2 Å². The van der Waals surface area contributed by atoms with Crippen LogP contribution in [-0.4, -0.2) is 71.0 Å². The molecule has 0 aliphatic carbocycles. The molecule has 0 saturated heterocycles. The summed E-state index contributed by atoms with van der Waals surface area (Å²) < 4.78 is 0. The summed E-state index contributed by atoms with van der Waals surface area (Å²) >= 11 is 0. The minimum Gasteiger partial charge on any atom is -0.412 e. The number of H-pyrrole nitrogens is 2. The molecule has 0 saturated carbocycles. The number of rotatable bonds is 0. The highest BCUT2D eigenvalue weighted by atomic mass is 16.9. The highest BCUT2D eigenvalue weighted by Crippen LogP contribution is 1.98. The molecule has 0 aliphatic rings. The largest absolute Gasteiger partial charge is 0.412 e. The molecule has 4 rings (SSSR count). The van der Waals surface area contributed by atoms with Gasteiger partial charge < -0.3 is 110 Å². The zero-order valence-corrected chi connectivity index (χ0v) is 22.7. The minimum atomic E-state index is -1.75. The second kappa shape index (κ2) is 22.6. The molecular weight excluding hydrogens is 636 g/mol. The summed E-state index contributed by atoms with van der Waals surface area (Å²) in [6, 6.07) is 0. The van der Waals surface area contributed by atoms with Crippen molar-refractivity contribution in [1.29, 1.82) is 0 Å². The van der Waals surface area contributed by atoms with Crippen LogP contribution in [-0.2, 0) is 0 Å². The third-order valence-electron chi connectivity index (χ3n) is 2.83. The van der Waals surface area contributed by atoms with Crippen molar-refractivity contribution in [2.45, 2.75) is 0 Å². The zero-order chi connectivity index (χ0) is 34.6. The Balaban J connectivity index is -0.000000234. The lowest BCUT2D eigenvalue weighted by Gasteiger charge is -1.93. The van der Waals surface area contributed by atoms with E-state index in [9.17, 15) is 0 Å². The number of nitrogens with one attached hydrogen (secondary N) is 2. The van der Waals surface area contributed by atoms with Crippen LogP contribution in [0.4, 0.5) is 71.4 Å². The topological polar surface area (TPSA) is 665 Å². The highest BCUT2D eigenvalue weighted by Gasteiger charge is 2.02. The summed E-state index contributed by atoms with van der Waals surface area (Å²) in [5, 5.41) is 29.5. The van der Waals surface area contributed by atoms with Crippen molar-refractivity contribution in [2.24, 2.45) is 0 Å². The Morgan fingerprint density at radius 1 is 0.348 bits per heavy atom. The first kappa shape index (κ1) is 45.0. The molecule has 0 aliphatic heterocycles. The number of nitrogens with two attached hydrogens (primary N) is 12. The second-order valence-electron chi connectivity index (χ2n) is 6.22. The van der Waals surface area contributed by atoms with E-state index in [0.29, 0.717) is 0 Å². The molecule has 0 spiro atoms. The number of hydrogen-bond acceptors (Lipinski definition) is 28. The Morgan fingerprint density at radius 2 is 0.457 bits per heavy atom. The van der Waals surface area contributed by atoms with E-state index in [4.69, 9.17) is 99.4 Å². The van der Waals surface area contributed by atoms with Crippen molar-refractivity contribution in [2.75, 3.05) is 68.8 Å². The lowest BCUT2D eigenvalue weighted by molar-refractivity contribution is -0.403. The SMILES string of the molecule is Nc1nc(N)[nH+]c(N)n1.Nc1nc(N)[nH+]c(N)n1.Nc1nc(N)nc(N)n1.Nc1nc(N)nc(N)n1.O.O.O=[N+]([O-])[O-].O=[N+]([O-])[O-]. The number of nitrogen functional groups attached to an aromatic ring is 12. The average Bonchev–Trinajstić information content (AvgIpc) is 2.75. The van der Waals surface area contributed by atoms with Crippen molar-refractivity contribution in [1.82, 2.24) is 49.8 Å². The Bertz CT molecular complexity index is 1070. The fourth-order valence-corrected chi connectivity index (χ4v) is 1.77. The molecule has 0 amide bonds. The van der Waals surface area contributed by atoms with E-state index in [1.165, 1.54) is 0 Å². The maximum absolute atomic E-state index is 8.25. The molecule has 46 heavy (non-hydrogen) atoms. The van der Waals surface area contributed by atoms with E-state index in [-0.39, 0.29) is 82.3 Å². The van der Waals surface area contributed by atoms with Gasteiger partial charge >= 0.3 is 35.7 Å². The Morgan fingerprint density at radius 3 is 0.565 bits per heavy atom. The Labute approximate surface area is 252 Å². The van der Waals surface area contributed by atoms with Crippen molar-refractivity contribution in [3.05, 3.63) is 30.6 Å². The zero-order valence-electron chi connectivity index (χ0n) is 22.7. The van der Waals surface area contributed by atoms with Crippen LogP contribution in [0.1, 0.15) is 0 Å². The van der Waals surface area contributed by atoms with Gasteiger partial charge in [-0.05, 0) is 0 Å². The molecule has 34 heteroatoms. The maximum Gasteiger partial charge on any atom is 0.320 e. The summed E-state index contributed by atoms with van der Waals surface area (Å²) in [6.45, 7) is 0. The van der Waals surface area contributed by atoms with Crippen molar-refractivity contribution < 1.29 is 31.1 Å². The van der Waals surface area contributed by atoms with Gasteiger partial charge in [0.15, 0.2) is 0 Å². The minimum absolute atomic E-state index is 0. The van der Waals surface area contributed by atoms with Crippen molar-refractivity contribution >= 4 is 71.4 Å². The predicted molar refractivity (Wildman–Crippen MR) is 158 cm³/mol. The third-order valence-corrected chi connectivity index (χ3v) is 2.83. The van der Waals surface area contributed by atoms with E-state index in [0.717, 1.165) is 0 Å². The van der Waals surface area contributed by atoms with Crippen LogP contribution >= 0.6 is 0 Å². The summed E-state index contributed by atoms with van der Waals surface area (Å²) in [7, 11) is 0. The number of aromatic nitrogens is 12. The number of anilines is 12. The summed E-state index contributed by atoms with van der Waals surface area (Å²) in [6.07, 6.45) is 0. The molecule has 0 fully saturated rings. The van der Waals surface area contributed by atoms with E-state index in [2.05, 4.69) is 59.8 Å². The molecule has 0 unspecified atom stereocenters. The van der Waals surface area contributed by atoms with E-state index >= 15 is 0 Å². The molecule has 0 aromatic carbocycles. The second-order valence-corrected chi connectivity index (χ2v) is 6.22. The van der Waals surface area contributed by atoms with Crippen LogP contribution in [0, 0.1) is 30.6 Å². The summed E-state index contributed by atoms with van der Waals surface area (Å²) in [5.74, 6) is 1.06. The third kappa shape index (κ3) is 27.5. The van der Waals surface area contributed by atoms with Gasteiger partial charge in [-0.1, -0.05) is 19.9 Å². The quantitative estimate of drug-likeness (QED) is 0.0612. The fraction of sp³-hybridized carbons (Fsp3) is 0. The van der Waals surface area contributed by atoms with Gasteiger partial charge in [0, 0.05) is 0 Å². The lowest BCUT2D eigenvalue weighted by Crippen LogP contribution is -2.20. The predicted octanol–water partition coefficient (Wildman–Crippen LogP) is -8.82. The smallest absolute Gasteiger partial charge is 0.320 e. The normalized spacial score (nSPS) is 8.35. The molecule has 256 valence electrons. The van der Waals surface area contributed by atoms with Gasteiger partial charge in [-0.3, -0.25) is 0 Å². The lowest BCUT2D eigenvalue weighted by atomic mass is 10.9. The molecule has 0 bridgehead atoms. The number of hydrogen-bond donors (Lipinski definition) is 12. The first-order valence-electron chi connectivity index (χ1n) is 10.0. The van der Waals surface area contributed by atoms with Crippen LogP contribution in [0.3, 0.4) is 0 Å². The first-order chi connectivity index (χ1) is 20.2. The molecule has 0 atom stereocenters. The first-order valence-corrected chi connectivity index (χ1v) is 10.0. The van der Waals surface area contributed by atoms with Gasteiger partial charge in [0.25, 0.3) is 0 Å². The molecule has 4 heterocycles. The molecule has 30 N–H and O–H groups in total. The van der Waals surface area contributed by atoms with Crippen LogP contribution in [0.2, 0.25) is 0 Å². The molecule has 4 aromatic heterocycles. The monoisotopic (exact) mass is 666 g/mol. The van der Waals surface area contributed by atoms with Crippen LogP contribution < -0.4 is 78.8 Å². The maximum atomic E-state index is 8.25. The van der Waals surface area contributed by atoms with Crippen LogP contribution in [0.5, 0.6) is 0 Å². The number of nitrogens with zero attached hydrogens (tertiary/aromatic N) is 12. The summed E-state index contributed by atoms with van der Waals surface area (Å²) in [4.78, 5) is 56.5. The van der Waals surface area contributed by atoms with Crippen molar-refractivity contribution in [3.63, 3.8) is 0 Å². The average molecular weight is 667 g/mol. The van der Waals surface area contributed by atoms with E-state index < -0.39 is 10.2 Å². The fourth-order valence-electron chi connectivity index (χ4n) is 1.77. The highest BCUT2D eigenvalue weighted by molar-refractivity contribution is 5.34. The molecular formula is C12H30N26O8. The van der Waals surface area contributed by atoms with Gasteiger partial charge in [-0.15, -0.1) is 0 Å². The van der Waals surface area contributed by atoms with Crippen LogP contribution in [0.25, 0.3) is 0 Å². The van der Waals surface area contributed by atoms with Gasteiger partial charge in [-0.25, -0.2) is 9.97 Å².